The standard InChI is InChI=1S/C15H22ClFN2O/c1-10(2)19-5-6-20-15(9-19)14(18)7-11-3-4-12(17)8-13(11)16/h3-4,8,10,14-15H,5-7,9,18H2,1-2H3. The third-order valence-electron chi connectivity index (χ3n) is 3.80. The highest BCUT2D eigenvalue weighted by atomic mass is 35.5. The van der Waals surface area contributed by atoms with Crippen molar-refractivity contribution >= 4 is 11.6 Å². The van der Waals surface area contributed by atoms with E-state index in [1.807, 2.05) is 0 Å². The molecule has 0 aromatic heterocycles. The molecule has 0 saturated carbocycles. The number of morpholine rings is 1. The molecular weight excluding hydrogens is 279 g/mol. The van der Waals surface area contributed by atoms with Gasteiger partial charge in [-0.05, 0) is 38.0 Å². The molecule has 0 radical (unpaired) electrons. The number of benzene rings is 1. The Morgan fingerprint density at radius 1 is 1.50 bits per heavy atom. The van der Waals surface area contributed by atoms with E-state index in [0.717, 1.165) is 18.7 Å². The first-order chi connectivity index (χ1) is 9.47. The summed E-state index contributed by atoms with van der Waals surface area (Å²) in [7, 11) is 0. The Bertz CT molecular complexity index is 455. The van der Waals surface area contributed by atoms with Gasteiger partial charge in [0.25, 0.3) is 0 Å². The molecule has 2 rings (SSSR count). The summed E-state index contributed by atoms with van der Waals surface area (Å²) in [5.74, 6) is -0.327. The molecule has 0 spiro atoms. The van der Waals surface area contributed by atoms with Crippen LogP contribution in [0.15, 0.2) is 18.2 Å². The molecular formula is C15H22ClFN2O. The molecule has 1 aliphatic heterocycles. The Labute approximate surface area is 124 Å². The van der Waals surface area contributed by atoms with E-state index in [9.17, 15) is 4.39 Å². The fourth-order valence-electron chi connectivity index (χ4n) is 2.50. The van der Waals surface area contributed by atoms with Crippen LogP contribution in [0.2, 0.25) is 5.02 Å². The van der Waals surface area contributed by atoms with Crippen molar-refractivity contribution in [2.24, 2.45) is 5.73 Å². The second-order valence-electron chi connectivity index (χ2n) is 5.60. The van der Waals surface area contributed by atoms with Crippen LogP contribution < -0.4 is 5.73 Å². The molecule has 0 amide bonds. The molecule has 2 unspecified atom stereocenters. The number of rotatable bonds is 4. The van der Waals surface area contributed by atoms with Gasteiger partial charge in [-0.15, -0.1) is 0 Å². The van der Waals surface area contributed by atoms with Crippen molar-refractivity contribution in [3.63, 3.8) is 0 Å². The highest BCUT2D eigenvalue weighted by Crippen LogP contribution is 2.20. The SMILES string of the molecule is CC(C)N1CCOC(C(N)Cc2ccc(F)cc2Cl)C1. The summed E-state index contributed by atoms with van der Waals surface area (Å²) in [4.78, 5) is 2.36. The largest absolute Gasteiger partial charge is 0.374 e. The molecule has 1 saturated heterocycles. The van der Waals surface area contributed by atoms with E-state index in [0.29, 0.717) is 24.1 Å². The van der Waals surface area contributed by atoms with Gasteiger partial charge in [-0.3, -0.25) is 4.90 Å². The van der Waals surface area contributed by atoms with Gasteiger partial charge < -0.3 is 10.5 Å². The lowest BCUT2D eigenvalue weighted by Crippen LogP contribution is -2.53. The molecule has 0 bridgehead atoms. The van der Waals surface area contributed by atoms with Gasteiger partial charge in [0.1, 0.15) is 5.82 Å². The summed E-state index contributed by atoms with van der Waals surface area (Å²) >= 11 is 6.04. The second kappa shape index (κ2) is 6.85. The van der Waals surface area contributed by atoms with Gasteiger partial charge in [0.05, 0.1) is 12.7 Å². The average Bonchev–Trinajstić information content (AvgIpc) is 2.42. The average molecular weight is 301 g/mol. The van der Waals surface area contributed by atoms with E-state index in [1.54, 1.807) is 6.07 Å². The summed E-state index contributed by atoms with van der Waals surface area (Å²) in [6, 6.07) is 4.78. The zero-order valence-corrected chi connectivity index (χ0v) is 12.7. The number of halogens is 2. The minimum atomic E-state index is -0.327. The molecule has 1 fully saturated rings. The predicted octanol–water partition coefficient (Wildman–Crippen LogP) is 2.46. The minimum absolute atomic E-state index is 0.00716. The quantitative estimate of drug-likeness (QED) is 0.928. The van der Waals surface area contributed by atoms with Gasteiger partial charge in [0.15, 0.2) is 0 Å². The van der Waals surface area contributed by atoms with E-state index >= 15 is 0 Å². The molecule has 0 aliphatic carbocycles. The summed E-state index contributed by atoms with van der Waals surface area (Å²) in [5, 5.41) is 0.428. The van der Waals surface area contributed by atoms with Crippen LogP contribution in [0.4, 0.5) is 4.39 Å². The first-order valence-electron chi connectivity index (χ1n) is 7.02. The molecule has 112 valence electrons. The molecule has 1 aromatic rings. The Morgan fingerprint density at radius 3 is 2.90 bits per heavy atom. The fraction of sp³-hybridized carbons (Fsp3) is 0.600. The molecule has 1 aliphatic rings. The highest BCUT2D eigenvalue weighted by molar-refractivity contribution is 6.31. The van der Waals surface area contributed by atoms with Crippen LogP contribution in [0.3, 0.4) is 0 Å². The maximum absolute atomic E-state index is 13.0. The second-order valence-corrected chi connectivity index (χ2v) is 6.01. The van der Waals surface area contributed by atoms with Crippen molar-refractivity contribution in [1.82, 2.24) is 4.90 Å². The summed E-state index contributed by atoms with van der Waals surface area (Å²) in [5.41, 5.74) is 7.11. The van der Waals surface area contributed by atoms with Crippen LogP contribution in [0, 0.1) is 5.82 Å². The smallest absolute Gasteiger partial charge is 0.124 e. The van der Waals surface area contributed by atoms with Crippen LogP contribution in [-0.2, 0) is 11.2 Å². The maximum atomic E-state index is 13.0. The number of hydrogen-bond donors (Lipinski definition) is 1. The van der Waals surface area contributed by atoms with Gasteiger partial charge >= 0.3 is 0 Å². The number of nitrogens with zero attached hydrogens (tertiary/aromatic N) is 1. The molecule has 3 nitrogen and oxygen atoms in total. The van der Waals surface area contributed by atoms with Crippen LogP contribution in [0.5, 0.6) is 0 Å². The number of hydrogen-bond acceptors (Lipinski definition) is 3. The normalized spacial score (nSPS) is 22.2. The molecule has 2 N–H and O–H groups in total. The molecule has 2 atom stereocenters. The minimum Gasteiger partial charge on any atom is -0.374 e. The highest BCUT2D eigenvalue weighted by Gasteiger charge is 2.27. The van der Waals surface area contributed by atoms with Crippen molar-refractivity contribution in [2.75, 3.05) is 19.7 Å². The number of nitrogens with two attached hydrogens (primary N) is 1. The first kappa shape index (κ1) is 15.7. The van der Waals surface area contributed by atoms with E-state index in [-0.39, 0.29) is 18.0 Å². The van der Waals surface area contributed by atoms with Gasteiger partial charge in [0.2, 0.25) is 0 Å². The lowest BCUT2D eigenvalue weighted by molar-refractivity contribution is -0.0495. The lowest BCUT2D eigenvalue weighted by atomic mass is 10.0. The fourth-order valence-corrected chi connectivity index (χ4v) is 2.74. The third kappa shape index (κ3) is 3.92. The summed E-state index contributed by atoms with van der Waals surface area (Å²) in [6.45, 7) is 6.82. The summed E-state index contributed by atoms with van der Waals surface area (Å²) in [6.07, 6.45) is 0.586. The third-order valence-corrected chi connectivity index (χ3v) is 4.16. The van der Waals surface area contributed by atoms with Crippen LogP contribution in [-0.4, -0.2) is 42.8 Å². The molecule has 20 heavy (non-hydrogen) atoms. The van der Waals surface area contributed by atoms with Crippen LogP contribution >= 0.6 is 11.6 Å². The van der Waals surface area contributed by atoms with Gasteiger partial charge in [-0.25, -0.2) is 4.39 Å². The maximum Gasteiger partial charge on any atom is 0.124 e. The van der Waals surface area contributed by atoms with Crippen molar-refractivity contribution in [2.45, 2.75) is 38.5 Å². The van der Waals surface area contributed by atoms with Gasteiger partial charge in [0, 0.05) is 30.2 Å². The zero-order valence-electron chi connectivity index (χ0n) is 12.0. The van der Waals surface area contributed by atoms with Crippen molar-refractivity contribution in [3.8, 4) is 0 Å². The molecule has 1 heterocycles. The molecule has 5 heteroatoms. The predicted molar refractivity (Wildman–Crippen MR) is 79.5 cm³/mol. The Balaban J connectivity index is 1.98. The Kier molecular flexibility index (Phi) is 5.38. The number of ether oxygens (including phenoxy) is 1. The van der Waals surface area contributed by atoms with Gasteiger partial charge in [-0.2, -0.15) is 0 Å². The van der Waals surface area contributed by atoms with Crippen molar-refractivity contribution < 1.29 is 9.13 Å². The lowest BCUT2D eigenvalue weighted by Gasteiger charge is -2.38. The zero-order chi connectivity index (χ0) is 14.7. The van der Waals surface area contributed by atoms with Gasteiger partial charge in [-0.1, -0.05) is 17.7 Å². The van der Waals surface area contributed by atoms with E-state index in [2.05, 4.69) is 18.7 Å². The van der Waals surface area contributed by atoms with Crippen molar-refractivity contribution in [1.29, 1.82) is 0 Å². The first-order valence-corrected chi connectivity index (χ1v) is 7.40. The van der Waals surface area contributed by atoms with E-state index in [1.165, 1.54) is 12.1 Å². The monoisotopic (exact) mass is 300 g/mol. The Hall–Kier alpha value is -0.680. The topological polar surface area (TPSA) is 38.5 Å². The van der Waals surface area contributed by atoms with E-state index in [4.69, 9.17) is 22.1 Å². The van der Waals surface area contributed by atoms with E-state index < -0.39 is 0 Å². The van der Waals surface area contributed by atoms with Crippen LogP contribution in [0.1, 0.15) is 19.4 Å². The Morgan fingerprint density at radius 2 is 2.25 bits per heavy atom. The van der Waals surface area contributed by atoms with Crippen LogP contribution in [0.25, 0.3) is 0 Å². The van der Waals surface area contributed by atoms with Crippen molar-refractivity contribution in [3.05, 3.63) is 34.6 Å². The summed E-state index contributed by atoms with van der Waals surface area (Å²) < 4.78 is 18.8. The molecule has 1 aromatic carbocycles.